The zero-order valence-electron chi connectivity index (χ0n) is 15.4. The number of phenols is 1. The fraction of sp³-hybridized carbons (Fsp3) is 0.0800. The highest BCUT2D eigenvalue weighted by Gasteiger charge is 2.20. The molecule has 138 valence electrons. The van der Waals surface area contributed by atoms with Crippen LogP contribution < -0.4 is 5.73 Å². The number of nitrogens with two attached hydrogens (primary N) is 1. The standard InChI is InChI=1S/C25H22N2O/c26-24(19-10-3-1-4-11-19)25(20-12-5-2-6-13-20)27-17-22-21-14-8-7-9-18(21)15-16-23(22)28/h1-17,24-25,28H,26H2. The third-order valence-electron chi connectivity index (χ3n) is 4.98. The third-order valence-corrected chi connectivity index (χ3v) is 4.98. The van der Waals surface area contributed by atoms with Gasteiger partial charge in [-0.1, -0.05) is 91.0 Å². The average Bonchev–Trinajstić information content (AvgIpc) is 2.76. The number of benzene rings is 4. The molecule has 3 nitrogen and oxygen atoms in total. The molecule has 0 aliphatic rings. The maximum atomic E-state index is 10.4. The predicted octanol–water partition coefficient (Wildman–Crippen LogP) is 5.41. The Balaban J connectivity index is 1.78. The van der Waals surface area contributed by atoms with Gasteiger partial charge < -0.3 is 10.8 Å². The van der Waals surface area contributed by atoms with Crippen LogP contribution >= 0.6 is 0 Å². The second-order valence-electron chi connectivity index (χ2n) is 6.79. The summed E-state index contributed by atoms with van der Waals surface area (Å²) < 4.78 is 0. The van der Waals surface area contributed by atoms with E-state index in [4.69, 9.17) is 10.7 Å². The lowest BCUT2D eigenvalue weighted by molar-refractivity contribution is 0.475. The normalized spacial score (nSPS) is 13.6. The van der Waals surface area contributed by atoms with Crippen molar-refractivity contribution in [3.63, 3.8) is 0 Å². The molecule has 0 aromatic heterocycles. The minimum absolute atomic E-state index is 0.211. The maximum Gasteiger partial charge on any atom is 0.124 e. The van der Waals surface area contributed by atoms with Crippen LogP contribution in [0.5, 0.6) is 5.75 Å². The molecule has 0 heterocycles. The summed E-state index contributed by atoms with van der Waals surface area (Å²) in [7, 11) is 0. The van der Waals surface area contributed by atoms with E-state index in [0.29, 0.717) is 5.56 Å². The minimum Gasteiger partial charge on any atom is -0.507 e. The van der Waals surface area contributed by atoms with Crippen LogP contribution in [0.2, 0.25) is 0 Å². The summed E-state index contributed by atoms with van der Waals surface area (Å²) in [6.45, 7) is 0. The molecule has 4 rings (SSSR count). The van der Waals surface area contributed by atoms with Gasteiger partial charge in [-0.15, -0.1) is 0 Å². The molecule has 0 aliphatic carbocycles. The fourth-order valence-electron chi connectivity index (χ4n) is 3.47. The van der Waals surface area contributed by atoms with Crippen molar-refractivity contribution in [3.8, 4) is 5.75 Å². The van der Waals surface area contributed by atoms with Crippen LogP contribution in [0.25, 0.3) is 10.8 Å². The predicted molar refractivity (Wildman–Crippen MR) is 116 cm³/mol. The van der Waals surface area contributed by atoms with Gasteiger partial charge in [0.25, 0.3) is 0 Å². The van der Waals surface area contributed by atoms with Crippen molar-refractivity contribution < 1.29 is 5.11 Å². The van der Waals surface area contributed by atoms with Crippen molar-refractivity contribution in [2.45, 2.75) is 12.1 Å². The average molecular weight is 366 g/mol. The highest BCUT2D eigenvalue weighted by molar-refractivity contribution is 6.02. The van der Waals surface area contributed by atoms with E-state index in [0.717, 1.165) is 21.9 Å². The van der Waals surface area contributed by atoms with E-state index in [-0.39, 0.29) is 17.8 Å². The number of aliphatic imine (C=N–C) groups is 1. The van der Waals surface area contributed by atoms with Crippen molar-refractivity contribution >= 4 is 17.0 Å². The number of nitrogens with zero attached hydrogens (tertiary/aromatic N) is 1. The number of rotatable bonds is 5. The van der Waals surface area contributed by atoms with E-state index < -0.39 is 0 Å². The lowest BCUT2D eigenvalue weighted by Crippen LogP contribution is -2.18. The molecule has 0 radical (unpaired) electrons. The van der Waals surface area contributed by atoms with Crippen LogP contribution in [-0.2, 0) is 0 Å². The molecular weight excluding hydrogens is 344 g/mol. The van der Waals surface area contributed by atoms with Gasteiger partial charge in [-0.2, -0.15) is 0 Å². The van der Waals surface area contributed by atoms with Crippen LogP contribution in [0, 0.1) is 0 Å². The molecule has 0 saturated carbocycles. The van der Waals surface area contributed by atoms with Gasteiger partial charge >= 0.3 is 0 Å². The van der Waals surface area contributed by atoms with Gasteiger partial charge in [-0.05, 0) is 28.0 Å². The lowest BCUT2D eigenvalue weighted by atomic mass is 9.94. The SMILES string of the molecule is NC(c1ccccc1)C(N=Cc1c(O)ccc2ccccc12)c1ccccc1. The first-order valence-electron chi connectivity index (χ1n) is 9.33. The van der Waals surface area contributed by atoms with E-state index in [1.54, 1.807) is 12.3 Å². The Morgan fingerprint density at radius 2 is 1.32 bits per heavy atom. The topological polar surface area (TPSA) is 58.6 Å². The van der Waals surface area contributed by atoms with Gasteiger partial charge in [0.15, 0.2) is 0 Å². The Kier molecular flexibility index (Phi) is 5.18. The Bertz CT molecular complexity index is 1090. The largest absolute Gasteiger partial charge is 0.507 e. The molecule has 3 N–H and O–H groups in total. The fourth-order valence-corrected chi connectivity index (χ4v) is 3.47. The number of aromatic hydroxyl groups is 1. The zero-order valence-corrected chi connectivity index (χ0v) is 15.4. The highest BCUT2D eigenvalue weighted by Crippen LogP contribution is 2.32. The van der Waals surface area contributed by atoms with E-state index in [1.165, 1.54) is 0 Å². The van der Waals surface area contributed by atoms with Crippen molar-refractivity contribution in [3.05, 3.63) is 114 Å². The second-order valence-corrected chi connectivity index (χ2v) is 6.79. The lowest BCUT2D eigenvalue weighted by Gasteiger charge is -2.21. The van der Waals surface area contributed by atoms with Crippen LogP contribution in [0.15, 0.2) is 102 Å². The van der Waals surface area contributed by atoms with Crippen LogP contribution in [0.1, 0.15) is 28.8 Å². The van der Waals surface area contributed by atoms with Crippen molar-refractivity contribution in [2.24, 2.45) is 10.7 Å². The summed E-state index contributed by atoms with van der Waals surface area (Å²) >= 11 is 0. The summed E-state index contributed by atoms with van der Waals surface area (Å²) in [5.41, 5.74) is 9.38. The molecule has 4 aromatic rings. The molecule has 4 aromatic carbocycles. The monoisotopic (exact) mass is 366 g/mol. The highest BCUT2D eigenvalue weighted by atomic mass is 16.3. The maximum absolute atomic E-state index is 10.4. The Labute approximate surface area is 164 Å². The number of fused-ring (bicyclic) bond motifs is 1. The Hall–Kier alpha value is -3.43. The van der Waals surface area contributed by atoms with Gasteiger partial charge in [0, 0.05) is 11.8 Å². The molecule has 0 spiro atoms. The Morgan fingerprint density at radius 3 is 2.04 bits per heavy atom. The van der Waals surface area contributed by atoms with Crippen molar-refractivity contribution in [1.82, 2.24) is 0 Å². The van der Waals surface area contributed by atoms with E-state index >= 15 is 0 Å². The molecule has 3 heteroatoms. The van der Waals surface area contributed by atoms with Crippen LogP contribution in [0.4, 0.5) is 0 Å². The molecule has 0 aliphatic heterocycles. The first-order chi connectivity index (χ1) is 13.7. The van der Waals surface area contributed by atoms with Crippen molar-refractivity contribution in [1.29, 1.82) is 0 Å². The smallest absolute Gasteiger partial charge is 0.124 e. The number of hydrogen-bond acceptors (Lipinski definition) is 3. The molecule has 0 bridgehead atoms. The first kappa shape index (κ1) is 18.0. The van der Waals surface area contributed by atoms with Crippen LogP contribution in [0.3, 0.4) is 0 Å². The summed E-state index contributed by atoms with van der Waals surface area (Å²) in [5, 5.41) is 12.4. The molecular formula is C25H22N2O. The third kappa shape index (κ3) is 3.66. The van der Waals surface area contributed by atoms with E-state index in [2.05, 4.69) is 0 Å². The van der Waals surface area contributed by atoms with E-state index in [9.17, 15) is 5.11 Å². The quantitative estimate of drug-likeness (QED) is 0.464. The summed E-state index contributed by atoms with van der Waals surface area (Å²) in [6, 6.07) is 31.0. The molecule has 2 atom stereocenters. The molecule has 0 saturated heterocycles. The molecule has 28 heavy (non-hydrogen) atoms. The summed E-state index contributed by atoms with van der Waals surface area (Å²) in [4.78, 5) is 4.84. The first-order valence-corrected chi connectivity index (χ1v) is 9.33. The molecule has 0 fully saturated rings. The Morgan fingerprint density at radius 1 is 0.714 bits per heavy atom. The number of hydrogen-bond donors (Lipinski definition) is 2. The summed E-state index contributed by atoms with van der Waals surface area (Å²) in [6.07, 6.45) is 1.75. The second kappa shape index (κ2) is 8.07. The van der Waals surface area contributed by atoms with Gasteiger partial charge in [0.2, 0.25) is 0 Å². The van der Waals surface area contributed by atoms with E-state index in [1.807, 2.05) is 91.0 Å². The summed E-state index contributed by atoms with van der Waals surface area (Å²) in [5.74, 6) is 0.211. The molecule has 2 unspecified atom stereocenters. The van der Waals surface area contributed by atoms with Gasteiger partial charge in [0.05, 0.1) is 12.1 Å². The van der Waals surface area contributed by atoms with Crippen LogP contribution in [-0.4, -0.2) is 11.3 Å². The molecule has 0 amide bonds. The van der Waals surface area contributed by atoms with Gasteiger partial charge in [0.1, 0.15) is 5.75 Å². The van der Waals surface area contributed by atoms with Gasteiger partial charge in [-0.3, -0.25) is 4.99 Å². The van der Waals surface area contributed by atoms with Gasteiger partial charge in [-0.25, -0.2) is 0 Å². The zero-order chi connectivity index (χ0) is 19.3. The van der Waals surface area contributed by atoms with Crippen molar-refractivity contribution in [2.75, 3.05) is 0 Å². The number of phenolic OH excluding ortho intramolecular Hbond substituents is 1. The minimum atomic E-state index is -0.294.